The zero-order chi connectivity index (χ0) is 10.8. The van der Waals surface area contributed by atoms with Crippen LogP contribution in [0.4, 0.5) is 0 Å². The first-order chi connectivity index (χ1) is 6.51. The Kier molecular flexibility index (Phi) is 3.78. The first-order valence-corrected chi connectivity index (χ1v) is 6.55. The quantitative estimate of drug-likeness (QED) is 0.862. The Morgan fingerprint density at radius 1 is 1.64 bits per heavy atom. The van der Waals surface area contributed by atoms with Crippen molar-refractivity contribution < 1.29 is 0 Å². The zero-order valence-corrected chi connectivity index (χ0v) is 10.8. The molecule has 1 rings (SSSR count). The molecule has 0 bridgehead atoms. The second-order valence-corrected chi connectivity index (χ2v) is 5.42. The van der Waals surface area contributed by atoms with Crippen LogP contribution < -0.4 is 5.56 Å². The molecule has 1 aromatic heterocycles. The lowest BCUT2D eigenvalue weighted by Gasteiger charge is -2.20. The van der Waals surface area contributed by atoms with Gasteiger partial charge in [-0.15, -0.1) is 0 Å². The average molecular weight is 277 g/mol. The summed E-state index contributed by atoms with van der Waals surface area (Å²) < 4.78 is -0.149. The number of nitrogens with one attached hydrogen (secondary N) is 1. The predicted octanol–water partition coefficient (Wildman–Crippen LogP) is 2.26. The number of thioether (sulfide) groups is 1. The fraction of sp³-hybridized carbons (Fsp3) is 0.556. The summed E-state index contributed by atoms with van der Waals surface area (Å²) in [4.78, 5) is 18.5. The Hall–Kier alpha value is -0.290. The van der Waals surface area contributed by atoms with Gasteiger partial charge in [-0.2, -0.15) is 11.8 Å². The van der Waals surface area contributed by atoms with Gasteiger partial charge in [0.2, 0.25) is 0 Å². The molecular formula is C9H13BrN2OS. The molecule has 0 radical (unpaired) electrons. The van der Waals surface area contributed by atoms with Crippen LogP contribution in [0.15, 0.2) is 11.0 Å². The highest BCUT2D eigenvalue weighted by Gasteiger charge is 2.21. The van der Waals surface area contributed by atoms with Crippen molar-refractivity contribution in [3.05, 3.63) is 27.9 Å². The highest BCUT2D eigenvalue weighted by atomic mass is 79.9. The van der Waals surface area contributed by atoms with Crippen LogP contribution in [0.5, 0.6) is 0 Å². The first kappa shape index (κ1) is 11.8. The SMILES string of the molecule is CSC(C)(C)c1ncc(CBr)c(=O)[nH]1. The van der Waals surface area contributed by atoms with E-state index in [1.54, 1.807) is 18.0 Å². The Labute approximate surface area is 95.8 Å². The molecule has 3 nitrogen and oxygen atoms in total. The molecular weight excluding hydrogens is 264 g/mol. The molecule has 0 fully saturated rings. The number of alkyl halides is 1. The average Bonchev–Trinajstić information content (AvgIpc) is 2.17. The maximum atomic E-state index is 11.5. The summed E-state index contributed by atoms with van der Waals surface area (Å²) in [5.74, 6) is 0.722. The van der Waals surface area contributed by atoms with E-state index in [4.69, 9.17) is 0 Å². The third-order valence-electron chi connectivity index (χ3n) is 2.10. The largest absolute Gasteiger partial charge is 0.309 e. The smallest absolute Gasteiger partial charge is 0.254 e. The number of H-pyrrole nitrogens is 1. The summed E-state index contributed by atoms with van der Waals surface area (Å²) in [6.07, 6.45) is 3.62. The number of rotatable bonds is 3. The van der Waals surface area contributed by atoms with E-state index < -0.39 is 0 Å². The van der Waals surface area contributed by atoms with Gasteiger partial charge in [0.1, 0.15) is 5.82 Å². The number of aromatic amines is 1. The summed E-state index contributed by atoms with van der Waals surface area (Å²) in [5, 5.41) is 0.537. The van der Waals surface area contributed by atoms with E-state index in [0.717, 1.165) is 5.82 Å². The molecule has 0 aliphatic carbocycles. The number of halogens is 1. The highest BCUT2D eigenvalue weighted by Crippen LogP contribution is 2.29. The summed E-state index contributed by atoms with van der Waals surface area (Å²) in [6.45, 7) is 4.06. The minimum absolute atomic E-state index is 0.0611. The second kappa shape index (κ2) is 4.49. The summed E-state index contributed by atoms with van der Waals surface area (Å²) in [5.41, 5.74) is 0.597. The van der Waals surface area contributed by atoms with Gasteiger partial charge in [-0.3, -0.25) is 4.79 Å². The van der Waals surface area contributed by atoms with Crippen molar-refractivity contribution in [3.8, 4) is 0 Å². The maximum Gasteiger partial charge on any atom is 0.254 e. The normalized spacial score (nSPS) is 11.7. The van der Waals surface area contributed by atoms with Crippen LogP contribution in [-0.4, -0.2) is 16.2 Å². The molecule has 0 amide bonds. The summed E-state index contributed by atoms with van der Waals surface area (Å²) in [6, 6.07) is 0. The fourth-order valence-corrected chi connectivity index (χ4v) is 1.62. The van der Waals surface area contributed by atoms with E-state index in [2.05, 4.69) is 25.9 Å². The zero-order valence-electron chi connectivity index (χ0n) is 8.43. The first-order valence-electron chi connectivity index (χ1n) is 4.21. The van der Waals surface area contributed by atoms with E-state index in [1.165, 1.54) is 0 Å². The molecule has 14 heavy (non-hydrogen) atoms. The molecule has 0 unspecified atom stereocenters. The van der Waals surface area contributed by atoms with Crippen LogP contribution in [0.25, 0.3) is 0 Å². The molecule has 0 saturated carbocycles. The van der Waals surface area contributed by atoms with Crippen LogP contribution in [0.2, 0.25) is 0 Å². The van der Waals surface area contributed by atoms with E-state index >= 15 is 0 Å². The highest BCUT2D eigenvalue weighted by molar-refractivity contribution is 9.08. The van der Waals surface area contributed by atoms with Gasteiger partial charge in [-0.1, -0.05) is 15.9 Å². The molecule has 5 heteroatoms. The van der Waals surface area contributed by atoms with Gasteiger partial charge in [-0.25, -0.2) is 4.98 Å². The van der Waals surface area contributed by atoms with Gasteiger partial charge in [0, 0.05) is 17.1 Å². The molecule has 1 N–H and O–H groups in total. The summed E-state index contributed by atoms with van der Waals surface area (Å²) in [7, 11) is 0. The third kappa shape index (κ3) is 2.39. The lowest BCUT2D eigenvalue weighted by molar-refractivity contribution is 0.701. The van der Waals surface area contributed by atoms with Gasteiger partial charge in [0.25, 0.3) is 5.56 Å². The Bertz CT molecular complexity index is 375. The van der Waals surface area contributed by atoms with Gasteiger partial charge >= 0.3 is 0 Å². The van der Waals surface area contributed by atoms with Crippen LogP contribution in [-0.2, 0) is 10.1 Å². The van der Waals surface area contributed by atoms with Crippen molar-refractivity contribution in [3.63, 3.8) is 0 Å². The van der Waals surface area contributed by atoms with Gasteiger partial charge in [0.05, 0.1) is 4.75 Å². The number of hydrogen-bond acceptors (Lipinski definition) is 3. The predicted molar refractivity (Wildman–Crippen MR) is 64.0 cm³/mol. The second-order valence-electron chi connectivity index (χ2n) is 3.43. The Balaban J connectivity index is 3.15. The van der Waals surface area contributed by atoms with Crippen LogP contribution in [0, 0.1) is 0 Å². The van der Waals surface area contributed by atoms with Crippen LogP contribution in [0.3, 0.4) is 0 Å². The molecule has 0 saturated heterocycles. The molecule has 0 aliphatic rings. The molecule has 0 spiro atoms. The Morgan fingerprint density at radius 2 is 2.29 bits per heavy atom. The molecule has 0 aliphatic heterocycles. The van der Waals surface area contributed by atoms with Gasteiger partial charge in [-0.05, 0) is 20.1 Å². The van der Waals surface area contributed by atoms with Crippen molar-refractivity contribution >= 4 is 27.7 Å². The van der Waals surface area contributed by atoms with Crippen molar-refractivity contribution in [2.24, 2.45) is 0 Å². The third-order valence-corrected chi connectivity index (χ3v) is 3.92. The molecule has 78 valence electrons. The standard InChI is InChI=1S/C9H13BrN2OS/c1-9(2,14-3)8-11-5-6(4-10)7(13)12-8/h5H,4H2,1-3H3,(H,11,12,13). The lowest BCUT2D eigenvalue weighted by atomic mass is 10.2. The van der Waals surface area contributed by atoms with Gasteiger partial charge < -0.3 is 4.98 Å². The van der Waals surface area contributed by atoms with Crippen molar-refractivity contribution in [2.45, 2.75) is 23.9 Å². The minimum Gasteiger partial charge on any atom is -0.309 e. The number of nitrogens with zero attached hydrogens (tertiary/aromatic N) is 1. The van der Waals surface area contributed by atoms with Crippen molar-refractivity contribution in [1.82, 2.24) is 9.97 Å². The fourth-order valence-electron chi connectivity index (χ4n) is 0.919. The number of aromatic nitrogens is 2. The van der Waals surface area contributed by atoms with Gasteiger partial charge in [0.15, 0.2) is 0 Å². The van der Waals surface area contributed by atoms with Crippen molar-refractivity contribution in [1.29, 1.82) is 0 Å². The maximum absolute atomic E-state index is 11.5. The van der Waals surface area contributed by atoms with Crippen LogP contribution in [0.1, 0.15) is 25.2 Å². The van der Waals surface area contributed by atoms with Crippen LogP contribution >= 0.6 is 27.7 Å². The molecule has 0 aromatic carbocycles. The monoisotopic (exact) mass is 276 g/mol. The van der Waals surface area contributed by atoms with E-state index in [0.29, 0.717) is 10.9 Å². The van der Waals surface area contributed by atoms with E-state index in [-0.39, 0.29) is 10.3 Å². The molecule has 1 heterocycles. The topological polar surface area (TPSA) is 45.8 Å². The minimum atomic E-state index is -0.149. The van der Waals surface area contributed by atoms with E-state index in [1.807, 2.05) is 20.1 Å². The number of hydrogen-bond donors (Lipinski definition) is 1. The Morgan fingerprint density at radius 3 is 2.71 bits per heavy atom. The molecule has 0 atom stereocenters. The van der Waals surface area contributed by atoms with E-state index in [9.17, 15) is 4.79 Å². The summed E-state index contributed by atoms with van der Waals surface area (Å²) >= 11 is 4.89. The van der Waals surface area contributed by atoms with Crippen molar-refractivity contribution in [2.75, 3.05) is 6.26 Å². The lowest BCUT2D eigenvalue weighted by Crippen LogP contribution is -2.23. The molecule has 1 aromatic rings.